The van der Waals surface area contributed by atoms with E-state index >= 15 is 0 Å². The first kappa shape index (κ1) is 14.9. The van der Waals surface area contributed by atoms with E-state index in [0.717, 1.165) is 31.4 Å². The number of nitrogens with zero attached hydrogens (tertiary/aromatic N) is 3. The fourth-order valence-corrected chi connectivity index (χ4v) is 2.06. The average molecular weight is 293 g/mol. The highest BCUT2D eigenvalue weighted by molar-refractivity contribution is 6.11. The molecule has 0 aromatic heterocycles. The largest absolute Gasteiger partial charge is 0.436 e. The van der Waals surface area contributed by atoms with Gasteiger partial charge >= 0.3 is 6.09 Å². The molecule has 1 amide bonds. The molecule has 1 heterocycles. The van der Waals surface area contributed by atoms with Crippen molar-refractivity contribution >= 4 is 11.8 Å². The number of nitriles is 1. The maximum absolute atomic E-state index is 13.5. The first-order valence-corrected chi connectivity index (χ1v) is 6.52. The molecule has 110 valence electrons. The van der Waals surface area contributed by atoms with Crippen molar-refractivity contribution in [3.8, 4) is 6.07 Å². The summed E-state index contributed by atoms with van der Waals surface area (Å²) in [6.45, 7) is 1.09. The fraction of sp³-hybridized carbons (Fsp3) is 0.357. The molecule has 1 saturated heterocycles. The highest BCUT2D eigenvalue weighted by Crippen LogP contribution is 2.14. The lowest BCUT2D eigenvalue weighted by molar-refractivity contribution is 0.0983. The summed E-state index contributed by atoms with van der Waals surface area (Å²) in [5, 5.41) is 12.2. The Labute approximate surface area is 120 Å². The molecule has 1 fully saturated rings. The fourth-order valence-electron chi connectivity index (χ4n) is 2.06. The molecule has 7 heteroatoms. The summed E-state index contributed by atoms with van der Waals surface area (Å²) in [5.74, 6) is -1.88. The summed E-state index contributed by atoms with van der Waals surface area (Å²) >= 11 is 0. The first-order chi connectivity index (χ1) is 10.1. The Morgan fingerprint density at radius 3 is 2.43 bits per heavy atom. The van der Waals surface area contributed by atoms with Crippen LogP contribution in [0.15, 0.2) is 23.4 Å². The SMILES string of the molecule is N#C/C(=N\OC(=O)N1CCCCC1)c1c(F)cccc1F. The lowest BCUT2D eigenvalue weighted by Gasteiger charge is -2.24. The van der Waals surface area contributed by atoms with Crippen LogP contribution in [0.1, 0.15) is 24.8 Å². The molecular weight excluding hydrogens is 280 g/mol. The second kappa shape index (κ2) is 6.79. The van der Waals surface area contributed by atoms with Gasteiger partial charge in [-0.15, -0.1) is 0 Å². The Morgan fingerprint density at radius 2 is 1.86 bits per heavy atom. The Morgan fingerprint density at radius 1 is 1.24 bits per heavy atom. The van der Waals surface area contributed by atoms with Gasteiger partial charge in [-0.25, -0.2) is 13.6 Å². The van der Waals surface area contributed by atoms with Gasteiger partial charge in [0.1, 0.15) is 17.7 Å². The van der Waals surface area contributed by atoms with E-state index in [2.05, 4.69) is 9.99 Å². The number of hydrogen-bond acceptors (Lipinski definition) is 4. The highest BCUT2D eigenvalue weighted by Gasteiger charge is 2.20. The molecule has 21 heavy (non-hydrogen) atoms. The molecule has 1 aliphatic rings. The molecule has 0 spiro atoms. The van der Waals surface area contributed by atoms with Gasteiger partial charge in [-0.1, -0.05) is 11.2 Å². The van der Waals surface area contributed by atoms with Crippen LogP contribution in [-0.2, 0) is 4.84 Å². The van der Waals surface area contributed by atoms with Crippen LogP contribution in [0.25, 0.3) is 0 Å². The third kappa shape index (κ3) is 3.54. The number of oxime groups is 1. The Balaban J connectivity index is 2.14. The number of hydrogen-bond donors (Lipinski definition) is 0. The van der Waals surface area contributed by atoms with Crippen molar-refractivity contribution in [1.82, 2.24) is 4.90 Å². The number of likely N-dealkylation sites (tertiary alicyclic amines) is 1. The monoisotopic (exact) mass is 293 g/mol. The third-order valence-electron chi connectivity index (χ3n) is 3.13. The van der Waals surface area contributed by atoms with Crippen LogP contribution in [-0.4, -0.2) is 29.8 Å². The van der Waals surface area contributed by atoms with Crippen LogP contribution < -0.4 is 0 Å². The second-order valence-electron chi connectivity index (χ2n) is 4.55. The van der Waals surface area contributed by atoms with Crippen molar-refractivity contribution in [2.45, 2.75) is 19.3 Å². The summed E-state index contributed by atoms with van der Waals surface area (Å²) in [7, 11) is 0. The molecule has 1 aromatic carbocycles. The van der Waals surface area contributed by atoms with Gasteiger partial charge in [0, 0.05) is 13.1 Å². The minimum absolute atomic E-state index is 0.546. The Kier molecular flexibility index (Phi) is 4.82. The molecule has 5 nitrogen and oxygen atoms in total. The summed E-state index contributed by atoms with van der Waals surface area (Å²) in [6, 6.07) is 4.70. The standard InChI is InChI=1S/C14H13F2N3O2/c15-10-5-4-6-11(16)13(10)12(9-17)18-21-14(20)19-7-2-1-3-8-19/h4-6H,1-3,7-8H2/b18-12+. The number of carbonyl (C=O) groups excluding carboxylic acids is 1. The zero-order valence-electron chi connectivity index (χ0n) is 11.2. The number of carbonyl (C=O) groups is 1. The molecule has 0 aliphatic carbocycles. The topological polar surface area (TPSA) is 65.7 Å². The van der Waals surface area contributed by atoms with Gasteiger partial charge in [0.25, 0.3) is 0 Å². The maximum atomic E-state index is 13.5. The van der Waals surface area contributed by atoms with Crippen molar-refractivity contribution < 1.29 is 18.4 Å². The van der Waals surface area contributed by atoms with Crippen LogP contribution in [0, 0.1) is 23.0 Å². The van der Waals surface area contributed by atoms with E-state index in [1.54, 1.807) is 0 Å². The summed E-state index contributed by atoms with van der Waals surface area (Å²) in [6.07, 6.45) is 2.05. The van der Waals surface area contributed by atoms with Crippen LogP contribution in [0.5, 0.6) is 0 Å². The predicted molar refractivity (Wildman–Crippen MR) is 70.4 cm³/mol. The smallest absolute Gasteiger partial charge is 0.306 e. The zero-order chi connectivity index (χ0) is 15.2. The molecule has 0 N–H and O–H groups in total. The van der Waals surface area contributed by atoms with Crippen molar-refractivity contribution in [2.75, 3.05) is 13.1 Å². The quantitative estimate of drug-likeness (QED) is 0.478. The summed E-state index contributed by atoms with van der Waals surface area (Å²) < 4.78 is 27.1. The van der Waals surface area contributed by atoms with Gasteiger partial charge in [-0.2, -0.15) is 5.26 Å². The minimum atomic E-state index is -0.940. The summed E-state index contributed by atoms with van der Waals surface area (Å²) in [4.78, 5) is 17.8. The van der Waals surface area contributed by atoms with E-state index in [4.69, 9.17) is 5.26 Å². The van der Waals surface area contributed by atoms with E-state index in [0.29, 0.717) is 13.1 Å². The van der Waals surface area contributed by atoms with Crippen molar-refractivity contribution in [3.05, 3.63) is 35.4 Å². The van der Waals surface area contributed by atoms with Gasteiger partial charge in [-0.3, -0.25) is 4.84 Å². The van der Waals surface area contributed by atoms with E-state index in [-0.39, 0.29) is 0 Å². The highest BCUT2D eigenvalue weighted by atomic mass is 19.1. The lowest BCUT2D eigenvalue weighted by Crippen LogP contribution is -2.35. The average Bonchev–Trinajstić information content (AvgIpc) is 2.50. The van der Waals surface area contributed by atoms with E-state index in [9.17, 15) is 13.6 Å². The molecule has 0 atom stereocenters. The van der Waals surface area contributed by atoms with Gasteiger partial charge in [0.15, 0.2) is 5.71 Å². The molecular formula is C14H13F2N3O2. The van der Waals surface area contributed by atoms with Gasteiger partial charge in [0.05, 0.1) is 5.56 Å². The molecule has 2 rings (SSSR count). The second-order valence-corrected chi connectivity index (χ2v) is 4.55. The van der Waals surface area contributed by atoms with Crippen molar-refractivity contribution in [3.63, 3.8) is 0 Å². The third-order valence-corrected chi connectivity index (χ3v) is 3.13. The normalized spacial score (nSPS) is 15.5. The van der Waals surface area contributed by atoms with Crippen LogP contribution in [0.2, 0.25) is 0 Å². The van der Waals surface area contributed by atoms with Crippen molar-refractivity contribution in [1.29, 1.82) is 5.26 Å². The summed E-state index contributed by atoms with van der Waals surface area (Å²) in [5.41, 5.74) is -1.22. The zero-order valence-corrected chi connectivity index (χ0v) is 11.2. The Hall–Kier alpha value is -2.49. The number of amides is 1. The predicted octanol–water partition coefficient (Wildman–Crippen LogP) is 2.81. The van der Waals surface area contributed by atoms with Crippen LogP contribution >= 0.6 is 0 Å². The Bertz CT molecular complexity index is 584. The number of halogens is 2. The molecule has 0 radical (unpaired) electrons. The van der Waals surface area contributed by atoms with E-state index < -0.39 is 29.0 Å². The van der Waals surface area contributed by atoms with Crippen LogP contribution in [0.3, 0.4) is 0 Å². The molecule has 1 aliphatic heterocycles. The minimum Gasteiger partial charge on any atom is -0.306 e. The maximum Gasteiger partial charge on any atom is 0.436 e. The van der Waals surface area contributed by atoms with Gasteiger partial charge in [-0.05, 0) is 31.4 Å². The van der Waals surface area contributed by atoms with E-state index in [1.807, 2.05) is 0 Å². The van der Waals surface area contributed by atoms with Gasteiger partial charge < -0.3 is 4.90 Å². The molecule has 1 aromatic rings. The van der Waals surface area contributed by atoms with Crippen molar-refractivity contribution in [2.24, 2.45) is 5.16 Å². The van der Waals surface area contributed by atoms with Crippen LogP contribution in [0.4, 0.5) is 13.6 Å². The first-order valence-electron chi connectivity index (χ1n) is 6.52. The van der Waals surface area contributed by atoms with E-state index in [1.165, 1.54) is 17.0 Å². The van der Waals surface area contributed by atoms with Gasteiger partial charge in [0.2, 0.25) is 0 Å². The number of rotatable bonds is 2. The molecule has 0 saturated carbocycles. The lowest BCUT2D eigenvalue weighted by atomic mass is 10.1. The number of benzene rings is 1. The number of piperidine rings is 1. The molecule has 0 bridgehead atoms. The molecule has 0 unspecified atom stereocenters.